The van der Waals surface area contributed by atoms with E-state index in [0.29, 0.717) is 17.2 Å². The Bertz CT molecular complexity index is 2440. The van der Waals surface area contributed by atoms with Gasteiger partial charge in [-0.1, -0.05) is 56.3 Å². The third-order valence-electron chi connectivity index (χ3n) is 10.7. The number of carbonyl (C=O) groups is 4. The van der Waals surface area contributed by atoms with E-state index < -0.39 is 75.0 Å². The normalized spacial score (nSPS) is 21.3. The fourth-order valence-corrected chi connectivity index (χ4v) is 8.58. The molecule has 60 heavy (non-hydrogen) atoms. The molecule has 316 valence electrons. The molecule has 5 atom stereocenters. The van der Waals surface area contributed by atoms with Gasteiger partial charge in [0.2, 0.25) is 18.6 Å². The number of ether oxygens (including phenoxy) is 4. The highest BCUT2D eigenvalue weighted by molar-refractivity contribution is 7.90. The van der Waals surface area contributed by atoms with E-state index in [1.54, 1.807) is 40.7 Å². The smallest absolute Gasteiger partial charge is 0.408 e. The van der Waals surface area contributed by atoms with Crippen LogP contribution in [0, 0.1) is 11.8 Å². The van der Waals surface area contributed by atoms with Crippen molar-refractivity contribution in [3.63, 3.8) is 0 Å². The molecule has 3 aromatic carbocycles. The highest BCUT2D eigenvalue weighted by Gasteiger charge is 2.61. The molecule has 0 spiro atoms. The maximum Gasteiger partial charge on any atom is 0.408 e. The number of amides is 4. The van der Waals surface area contributed by atoms with Crippen LogP contribution in [0.5, 0.6) is 11.5 Å². The van der Waals surface area contributed by atoms with Crippen molar-refractivity contribution < 1.29 is 46.5 Å². The number of likely N-dealkylation sites (tertiary alicyclic amines) is 1. The molecule has 2 fully saturated rings. The number of sulfonamides is 1. The molecule has 4 amide bonds. The Labute approximate surface area is 348 Å². The van der Waals surface area contributed by atoms with Gasteiger partial charge in [-0.3, -0.25) is 14.4 Å². The molecule has 0 bridgehead atoms. The minimum Gasteiger partial charge on any atom is -0.454 e. The first-order valence-corrected chi connectivity index (χ1v) is 21.2. The maximum absolute atomic E-state index is 14.5. The second kappa shape index (κ2) is 16.6. The van der Waals surface area contributed by atoms with Gasteiger partial charge in [0.15, 0.2) is 11.5 Å². The van der Waals surface area contributed by atoms with Gasteiger partial charge in [0, 0.05) is 29.8 Å². The van der Waals surface area contributed by atoms with Crippen molar-refractivity contribution in [3.05, 3.63) is 97.1 Å². The molecule has 7 rings (SSSR count). The number of benzene rings is 3. The highest BCUT2D eigenvalue weighted by atomic mass is 32.2. The molecule has 1 saturated heterocycles. The zero-order valence-corrected chi connectivity index (χ0v) is 34.9. The Morgan fingerprint density at radius 1 is 1.00 bits per heavy atom. The van der Waals surface area contributed by atoms with Crippen LogP contribution in [0.25, 0.3) is 22.2 Å². The first kappa shape index (κ1) is 42.1. The SMILES string of the molecule is C=C[C@@H]1C[C@]1(NC(=O)[C@@H]1C[C@@H](OCc2cc(-c3ccc4c(c3)OCO4)nc3ccccc23)CN1C(=O)[C@@H](NC(=O)OC(C)(C)C)C(C)C)C(=O)NS(=O)(=O)c1ccccc1. The third kappa shape index (κ3) is 8.94. The molecular formula is C44H49N5O10S. The van der Waals surface area contributed by atoms with E-state index in [1.165, 1.54) is 35.2 Å². The van der Waals surface area contributed by atoms with Gasteiger partial charge in [0.05, 0.1) is 28.8 Å². The summed E-state index contributed by atoms with van der Waals surface area (Å²) in [6.45, 7) is 12.6. The van der Waals surface area contributed by atoms with Crippen molar-refractivity contribution in [2.24, 2.45) is 11.8 Å². The average molecular weight is 840 g/mol. The van der Waals surface area contributed by atoms with E-state index in [1.807, 2.05) is 48.5 Å². The summed E-state index contributed by atoms with van der Waals surface area (Å²) < 4.78 is 51.5. The quantitative estimate of drug-likeness (QED) is 0.149. The Kier molecular flexibility index (Phi) is 11.6. The number of carbonyl (C=O) groups excluding carboxylic acids is 4. The maximum atomic E-state index is 14.5. The van der Waals surface area contributed by atoms with Crippen molar-refractivity contribution in [3.8, 4) is 22.8 Å². The fourth-order valence-electron chi connectivity index (χ4n) is 7.52. The lowest BCUT2D eigenvalue weighted by atomic mass is 10.0. The van der Waals surface area contributed by atoms with E-state index in [0.717, 1.165) is 22.0 Å². The number of fused-ring (bicyclic) bond motifs is 2. The van der Waals surface area contributed by atoms with Crippen molar-refractivity contribution in [2.45, 2.75) is 88.3 Å². The number of alkyl carbamates (subject to hydrolysis) is 1. The fraction of sp³-hybridized carbons (Fsp3) is 0.386. The molecule has 3 N–H and O–H groups in total. The molecule has 0 radical (unpaired) electrons. The van der Waals surface area contributed by atoms with Gasteiger partial charge in [-0.05, 0) is 81.1 Å². The topological polar surface area (TPSA) is 192 Å². The first-order valence-electron chi connectivity index (χ1n) is 19.7. The van der Waals surface area contributed by atoms with Gasteiger partial charge < -0.3 is 34.5 Å². The van der Waals surface area contributed by atoms with Gasteiger partial charge in [0.1, 0.15) is 23.2 Å². The number of nitrogens with zero attached hydrogens (tertiary/aromatic N) is 2. The minimum absolute atomic E-state index is 0.0271. The van der Waals surface area contributed by atoms with E-state index in [-0.39, 0.29) is 37.7 Å². The Morgan fingerprint density at radius 3 is 2.42 bits per heavy atom. The predicted molar refractivity (Wildman–Crippen MR) is 221 cm³/mol. The van der Waals surface area contributed by atoms with Crippen LogP contribution in [0.15, 0.2) is 96.4 Å². The zero-order valence-electron chi connectivity index (χ0n) is 34.1. The number of para-hydroxylation sites is 1. The molecule has 1 saturated carbocycles. The first-order chi connectivity index (χ1) is 28.5. The molecule has 3 heterocycles. The second-order valence-electron chi connectivity index (χ2n) is 16.5. The van der Waals surface area contributed by atoms with Crippen LogP contribution in [0.1, 0.15) is 53.0 Å². The summed E-state index contributed by atoms with van der Waals surface area (Å²) in [6, 6.07) is 20.3. The molecule has 3 aliphatic rings. The van der Waals surface area contributed by atoms with Crippen LogP contribution < -0.4 is 24.8 Å². The molecule has 4 aromatic rings. The largest absolute Gasteiger partial charge is 0.454 e. The number of hydrogen-bond acceptors (Lipinski definition) is 11. The van der Waals surface area contributed by atoms with Gasteiger partial charge >= 0.3 is 6.09 Å². The summed E-state index contributed by atoms with van der Waals surface area (Å²) in [4.78, 5) is 61.7. The molecule has 1 aliphatic carbocycles. The van der Waals surface area contributed by atoms with Gasteiger partial charge in [-0.2, -0.15) is 0 Å². The number of nitrogens with one attached hydrogen (secondary N) is 3. The van der Waals surface area contributed by atoms with Crippen LogP contribution in [0.4, 0.5) is 4.79 Å². The van der Waals surface area contributed by atoms with Crippen LogP contribution in [-0.2, 0) is 40.5 Å². The molecule has 0 unspecified atom stereocenters. The molecule has 1 aromatic heterocycles. The van der Waals surface area contributed by atoms with Gasteiger partial charge in [-0.25, -0.2) is 22.9 Å². The third-order valence-corrected chi connectivity index (χ3v) is 12.1. The number of aromatic nitrogens is 1. The van der Waals surface area contributed by atoms with E-state index >= 15 is 0 Å². The van der Waals surface area contributed by atoms with Crippen LogP contribution in [0.3, 0.4) is 0 Å². The highest BCUT2D eigenvalue weighted by Crippen LogP contribution is 2.45. The number of rotatable bonds is 13. The lowest BCUT2D eigenvalue weighted by molar-refractivity contribution is -0.142. The zero-order chi connectivity index (χ0) is 43.0. The van der Waals surface area contributed by atoms with Crippen LogP contribution in [0.2, 0.25) is 0 Å². The lowest BCUT2D eigenvalue weighted by Gasteiger charge is -2.31. The summed E-state index contributed by atoms with van der Waals surface area (Å²) in [7, 11) is -4.28. The molecule has 2 aliphatic heterocycles. The summed E-state index contributed by atoms with van der Waals surface area (Å²) in [6.07, 6.45) is 0.139. The second-order valence-corrected chi connectivity index (χ2v) is 18.2. The van der Waals surface area contributed by atoms with Crippen molar-refractivity contribution in [1.29, 1.82) is 0 Å². The Hall–Kier alpha value is -6.00. The van der Waals surface area contributed by atoms with Gasteiger partial charge in [0.25, 0.3) is 15.9 Å². The molecular weight excluding hydrogens is 791 g/mol. The van der Waals surface area contributed by atoms with E-state index in [4.69, 9.17) is 23.9 Å². The minimum atomic E-state index is -4.28. The van der Waals surface area contributed by atoms with Crippen LogP contribution >= 0.6 is 0 Å². The predicted octanol–water partition coefficient (Wildman–Crippen LogP) is 5.23. The number of hydrogen-bond donors (Lipinski definition) is 3. The van der Waals surface area contributed by atoms with Crippen molar-refractivity contribution in [2.75, 3.05) is 13.3 Å². The summed E-state index contributed by atoms with van der Waals surface area (Å²) in [5.41, 5.74) is 0.565. The van der Waals surface area contributed by atoms with E-state index in [2.05, 4.69) is 21.9 Å². The van der Waals surface area contributed by atoms with Crippen LogP contribution in [-0.4, -0.2) is 84.8 Å². The summed E-state index contributed by atoms with van der Waals surface area (Å²) >= 11 is 0. The Balaban J connectivity index is 1.15. The Morgan fingerprint density at radius 2 is 1.72 bits per heavy atom. The lowest BCUT2D eigenvalue weighted by Crippen LogP contribution is -2.59. The summed E-state index contributed by atoms with van der Waals surface area (Å²) in [5.74, 6) is -1.91. The van der Waals surface area contributed by atoms with Crippen molar-refractivity contribution >= 4 is 44.7 Å². The molecule has 15 nitrogen and oxygen atoms in total. The summed E-state index contributed by atoms with van der Waals surface area (Å²) in [5, 5.41) is 6.33. The monoisotopic (exact) mass is 839 g/mol. The molecule has 16 heteroatoms. The standard InChI is InChI=1S/C44H49N5O10S/c1-7-29-22-44(29,41(52)48-60(54,55)31-13-9-8-10-14-31)47-39(50)35-21-30(23-49(35)40(51)38(26(2)3)46-42(53)59-43(4,5)6)56-24-28-19-34(45-33-16-12-11-15-32(28)33)27-17-18-36-37(20-27)58-25-57-36/h7-20,26,29-30,35,38H,1,21-25H2,2-6H3,(H,46,53)(H,47,50)(H,48,52)/t29-,30-,35+,38+,44-/m1/s1. The van der Waals surface area contributed by atoms with Crippen molar-refractivity contribution in [1.82, 2.24) is 25.2 Å². The van der Waals surface area contributed by atoms with Gasteiger partial charge in [-0.15, -0.1) is 6.58 Å². The number of pyridine rings is 1. The van der Waals surface area contributed by atoms with E-state index in [9.17, 15) is 27.6 Å². The average Bonchev–Trinajstić information content (AvgIpc) is 3.49.